The van der Waals surface area contributed by atoms with Crippen LogP contribution < -0.4 is 5.32 Å². The number of nitrogens with one attached hydrogen (secondary N) is 1. The van der Waals surface area contributed by atoms with Crippen LogP contribution in [0.2, 0.25) is 0 Å². The molecular formula is C14H19NO3S2. The van der Waals surface area contributed by atoms with Crippen molar-refractivity contribution in [3.05, 3.63) is 21.4 Å². The molecule has 1 aliphatic rings. The Kier molecular flexibility index (Phi) is 5.48. The molecule has 1 aromatic rings. The number of aliphatic carboxylic acids is 1. The minimum atomic E-state index is -0.955. The topological polar surface area (TPSA) is 66.4 Å². The molecule has 0 spiro atoms. The van der Waals surface area contributed by atoms with E-state index in [1.165, 1.54) is 21.8 Å². The Morgan fingerprint density at radius 3 is 2.95 bits per heavy atom. The molecule has 0 fully saturated rings. The van der Waals surface area contributed by atoms with Crippen LogP contribution in [0, 0.1) is 0 Å². The van der Waals surface area contributed by atoms with E-state index in [0.29, 0.717) is 11.3 Å². The monoisotopic (exact) mass is 313 g/mol. The number of carboxylic acids is 1. The van der Waals surface area contributed by atoms with Crippen LogP contribution in [0.3, 0.4) is 0 Å². The fourth-order valence-corrected chi connectivity index (χ4v) is 4.43. The molecule has 1 amide bonds. The number of unbranched alkanes of at least 4 members (excludes halogenated alkanes) is 1. The summed E-state index contributed by atoms with van der Waals surface area (Å²) in [7, 11) is 0. The molecule has 1 unspecified atom stereocenters. The van der Waals surface area contributed by atoms with Crippen LogP contribution in [0.5, 0.6) is 0 Å². The number of hydrogen-bond acceptors (Lipinski definition) is 4. The minimum absolute atomic E-state index is 0.252. The van der Waals surface area contributed by atoms with Crippen molar-refractivity contribution in [3.63, 3.8) is 0 Å². The molecule has 0 saturated heterocycles. The molecule has 1 aliphatic heterocycles. The van der Waals surface area contributed by atoms with E-state index in [2.05, 4.69) is 5.32 Å². The third-order valence-electron chi connectivity index (χ3n) is 3.30. The van der Waals surface area contributed by atoms with Crippen LogP contribution in [0.15, 0.2) is 6.07 Å². The maximum Gasteiger partial charge on any atom is 0.326 e. The molecule has 0 saturated carbocycles. The molecule has 2 rings (SSSR count). The number of fused-ring (bicyclic) bond motifs is 1. The number of hydrogen-bond donors (Lipinski definition) is 2. The second kappa shape index (κ2) is 7.13. The maximum atomic E-state index is 12.2. The summed E-state index contributed by atoms with van der Waals surface area (Å²) < 4.78 is 0. The Hall–Kier alpha value is -1.01. The summed E-state index contributed by atoms with van der Waals surface area (Å²) in [4.78, 5) is 25.2. The zero-order valence-electron chi connectivity index (χ0n) is 11.5. The smallest absolute Gasteiger partial charge is 0.326 e. The average Bonchev–Trinajstić information content (AvgIpc) is 2.86. The van der Waals surface area contributed by atoms with Crippen LogP contribution >= 0.6 is 23.1 Å². The molecule has 0 bridgehead atoms. The SMILES string of the molecule is CCCCC(NC(=O)c1cc2c(s1)CCSC2)C(=O)O. The number of carbonyl (C=O) groups is 2. The molecule has 20 heavy (non-hydrogen) atoms. The van der Waals surface area contributed by atoms with Crippen LogP contribution in [-0.4, -0.2) is 28.8 Å². The molecular weight excluding hydrogens is 294 g/mol. The molecule has 1 aromatic heterocycles. The molecule has 0 aliphatic carbocycles. The number of amides is 1. The highest BCUT2D eigenvalue weighted by Crippen LogP contribution is 2.31. The van der Waals surface area contributed by atoms with Crippen molar-refractivity contribution in [3.8, 4) is 0 Å². The van der Waals surface area contributed by atoms with Crippen LogP contribution in [-0.2, 0) is 17.0 Å². The Balaban J connectivity index is 2.02. The van der Waals surface area contributed by atoms with Gasteiger partial charge in [-0.1, -0.05) is 19.8 Å². The molecule has 4 nitrogen and oxygen atoms in total. The van der Waals surface area contributed by atoms with Gasteiger partial charge in [-0.25, -0.2) is 4.79 Å². The van der Waals surface area contributed by atoms with E-state index in [0.717, 1.165) is 30.8 Å². The summed E-state index contributed by atoms with van der Waals surface area (Å²) in [5, 5.41) is 11.8. The highest BCUT2D eigenvalue weighted by atomic mass is 32.2. The van der Waals surface area contributed by atoms with Crippen molar-refractivity contribution in [2.24, 2.45) is 0 Å². The van der Waals surface area contributed by atoms with Crippen LogP contribution in [0.4, 0.5) is 0 Å². The van der Waals surface area contributed by atoms with Gasteiger partial charge in [-0.15, -0.1) is 11.3 Å². The number of thioether (sulfide) groups is 1. The van der Waals surface area contributed by atoms with Crippen LogP contribution in [0.25, 0.3) is 0 Å². The summed E-state index contributed by atoms with van der Waals surface area (Å²) >= 11 is 3.38. The van der Waals surface area contributed by atoms with E-state index in [1.807, 2.05) is 24.8 Å². The lowest BCUT2D eigenvalue weighted by Crippen LogP contribution is -2.40. The zero-order valence-corrected chi connectivity index (χ0v) is 13.1. The molecule has 2 N–H and O–H groups in total. The first-order valence-corrected chi connectivity index (χ1v) is 8.82. The summed E-state index contributed by atoms with van der Waals surface area (Å²) in [6.07, 6.45) is 3.22. The first-order valence-electron chi connectivity index (χ1n) is 6.84. The van der Waals surface area contributed by atoms with Gasteiger partial charge in [0.1, 0.15) is 6.04 Å². The highest BCUT2D eigenvalue weighted by molar-refractivity contribution is 7.98. The Bertz CT molecular complexity index is 475. The van der Waals surface area contributed by atoms with E-state index in [-0.39, 0.29) is 5.91 Å². The number of rotatable bonds is 6. The Labute approximate surface area is 127 Å². The Morgan fingerprint density at radius 2 is 2.30 bits per heavy atom. The molecule has 110 valence electrons. The van der Waals surface area contributed by atoms with Gasteiger partial charge in [0.2, 0.25) is 0 Å². The highest BCUT2D eigenvalue weighted by Gasteiger charge is 2.22. The largest absolute Gasteiger partial charge is 0.480 e. The fourth-order valence-electron chi connectivity index (χ4n) is 2.15. The minimum Gasteiger partial charge on any atom is -0.480 e. The van der Waals surface area contributed by atoms with Crippen molar-refractivity contribution in [2.75, 3.05) is 5.75 Å². The van der Waals surface area contributed by atoms with Gasteiger partial charge in [-0.05, 0) is 30.2 Å². The number of aryl methyl sites for hydroxylation is 1. The third-order valence-corrected chi connectivity index (χ3v) is 5.55. The zero-order chi connectivity index (χ0) is 14.5. The average molecular weight is 313 g/mol. The molecule has 0 radical (unpaired) electrons. The third kappa shape index (κ3) is 3.76. The van der Waals surface area contributed by atoms with Crippen LogP contribution in [0.1, 0.15) is 46.3 Å². The second-order valence-corrected chi connectivity index (χ2v) is 7.11. The van der Waals surface area contributed by atoms with E-state index in [9.17, 15) is 9.59 Å². The van der Waals surface area contributed by atoms with Gasteiger partial charge in [0.25, 0.3) is 5.91 Å². The lowest BCUT2D eigenvalue weighted by Gasteiger charge is -2.13. The van der Waals surface area contributed by atoms with E-state index >= 15 is 0 Å². The van der Waals surface area contributed by atoms with Crippen molar-refractivity contribution < 1.29 is 14.7 Å². The normalized spacial score (nSPS) is 15.4. The predicted octanol–water partition coefficient (Wildman–Crippen LogP) is 2.91. The van der Waals surface area contributed by atoms with E-state index in [1.54, 1.807) is 0 Å². The predicted molar refractivity (Wildman–Crippen MR) is 82.6 cm³/mol. The molecule has 1 atom stereocenters. The number of carboxylic acid groups (broad SMARTS) is 1. The second-order valence-electron chi connectivity index (χ2n) is 4.87. The summed E-state index contributed by atoms with van der Waals surface area (Å²) in [6, 6.07) is 1.14. The number of thiophene rings is 1. The summed E-state index contributed by atoms with van der Waals surface area (Å²) in [6.45, 7) is 2.01. The van der Waals surface area contributed by atoms with Gasteiger partial charge in [0.15, 0.2) is 0 Å². The summed E-state index contributed by atoms with van der Waals surface area (Å²) in [5.74, 6) is 0.849. The number of carbonyl (C=O) groups excluding carboxylic acids is 1. The van der Waals surface area contributed by atoms with Gasteiger partial charge in [-0.2, -0.15) is 11.8 Å². The summed E-state index contributed by atoms with van der Waals surface area (Å²) in [5.41, 5.74) is 1.23. The van der Waals surface area contributed by atoms with Crippen molar-refractivity contribution in [2.45, 2.75) is 44.4 Å². The first-order chi connectivity index (χ1) is 9.61. The van der Waals surface area contributed by atoms with Crippen molar-refractivity contribution in [1.82, 2.24) is 5.32 Å². The van der Waals surface area contributed by atoms with Gasteiger partial charge in [-0.3, -0.25) is 4.79 Å². The standard InChI is InChI=1S/C14H19NO3S2/c1-2-3-4-10(14(17)18)15-13(16)12-7-9-8-19-6-5-11(9)20-12/h7,10H,2-6,8H2,1H3,(H,15,16)(H,17,18). The fraction of sp³-hybridized carbons (Fsp3) is 0.571. The van der Waals surface area contributed by atoms with Gasteiger partial charge in [0, 0.05) is 10.6 Å². The van der Waals surface area contributed by atoms with E-state index in [4.69, 9.17) is 5.11 Å². The molecule has 0 aromatic carbocycles. The maximum absolute atomic E-state index is 12.2. The quantitative estimate of drug-likeness (QED) is 0.847. The lowest BCUT2D eigenvalue weighted by molar-refractivity contribution is -0.139. The first kappa shape index (κ1) is 15.4. The Morgan fingerprint density at radius 1 is 1.50 bits per heavy atom. The lowest BCUT2D eigenvalue weighted by atomic mass is 10.1. The van der Waals surface area contributed by atoms with Crippen molar-refractivity contribution >= 4 is 35.0 Å². The van der Waals surface area contributed by atoms with Gasteiger partial charge < -0.3 is 10.4 Å². The molecule has 6 heteroatoms. The van der Waals surface area contributed by atoms with E-state index < -0.39 is 12.0 Å². The molecule has 2 heterocycles. The van der Waals surface area contributed by atoms with Gasteiger partial charge >= 0.3 is 5.97 Å². The van der Waals surface area contributed by atoms with Crippen molar-refractivity contribution in [1.29, 1.82) is 0 Å². The van der Waals surface area contributed by atoms with Gasteiger partial charge in [0.05, 0.1) is 4.88 Å².